The fourth-order valence-corrected chi connectivity index (χ4v) is 5.01. The van der Waals surface area contributed by atoms with Gasteiger partial charge in [-0.15, -0.1) is 0 Å². The molecule has 0 fully saturated rings. The summed E-state index contributed by atoms with van der Waals surface area (Å²) in [4.78, 5) is 0.303. The van der Waals surface area contributed by atoms with Crippen LogP contribution in [-0.2, 0) is 16.6 Å². The van der Waals surface area contributed by atoms with Crippen molar-refractivity contribution in [2.24, 2.45) is 0 Å². The molecule has 1 aromatic rings. The molecule has 1 unspecified atom stereocenters. The Bertz CT molecular complexity index is 550. The Morgan fingerprint density at radius 3 is 2.62 bits per heavy atom. The number of hydrogen-bond donors (Lipinski definition) is 2. The SMILES string of the molecule is CCNCc1ccc(Br)c(S(=O)(=O)NC(CC)CSC)c1. The zero-order valence-electron chi connectivity index (χ0n) is 12.6. The lowest BCUT2D eigenvalue weighted by Crippen LogP contribution is -2.36. The van der Waals surface area contributed by atoms with E-state index in [4.69, 9.17) is 0 Å². The molecule has 4 nitrogen and oxygen atoms in total. The van der Waals surface area contributed by atoms with E-state index in [2.05, 4.69) is 26.0 Å². The van der Waals surface area contributed by atoms with Gasteiger partial charge in [0, 0.05) is 22.8 Å². The van der Waals surface area contributed by atoms with Crippen LogP contribution < -0.4 is 10.0 Å². The van der Waals surface area contributed by atoms with Crippen LogP contribution in [0.25, 0.3) is 0 Å². The van der Waals surface area contributed by atoms with Crippen LogP contribution in [0.3, 0.4) is 0 Å². The van der Waals surface area contributed by atoms with Crippen LogP contribution in [0.15, 0.2) is 27.6 Å². The van der Waals surface area contributed by atoms with Crippen molar-refractivity contribution in [1.29, 1.82) is 0 Å². The molecular weight excluding hydrogens is 372 g/mol. The van der Waals surface area contributed by atoms with E-state index < -0.39 is 10.0 Å². The average molecular weight is 395 g/mol. The van der Waals surface area contributed by atoms with Crippen LogP contribution in [0.4, 0.5) is 0 Å². The molecule has 0 aromatic heterocycles. The summed E-state index contributed by atoms with van der Waals surface area (Å²) in [7, 11) is -3.51. The quantitative estimate of drug-likeness (QED) is 0.675. The highest BCUT2D eigenvalue weighted by Crippen LogP contribution is 2.24. The van der Waals surface area contributed by atoms with E-state index in [0.29, 0.717) is 15.9 Å². The van der Waals surface area contributed by atoms with Gasteiger partial charge in [-0.3, -0.25) is 0 Å². The maximum Gasteiger partial charge on any atom is 0.241 e. The average Bonchev–Trinajstić information content (AvgIpc) is 2.45. The van der Waals surface area contributed by atoms with Crippen molar-refractivity contribution in [3.05, 3.63) is 28.2 Å². The summed E-state index contributed by atoms with van der Waals surface area (Å²) in [6.45, 7) is 5.52. The monoisotopic (exact) mass is 394 g/mol. The summed E-state index contributed by atoms with van der Waals surface area (Å²) in [6.07, 6.45) is 2.75. The lowest BCUT2D eigenvalue weighted by Gasteiger charge is -2.17. The van der Waals surface area contributed by atoms with Crippen molar-refractivity contribution in [3.8, 4) is 0 Å². The molecule has 0 saturated heterocycles. The third kappa shape index (κ3) is 5.90. The second-order valence-electron chi connectivity index (χ2n) is 4.73. The van der Waals surface area contributed by atoms with Crippen LogP contribution in [-0.4, -0.2) is 33.0 Å². The largest absolute Gasteiger partial charge is 0.313 e. The number of halogens is 1. The van der Waals surface area contributed by atoms with Gasteiger partial charge in [0.1, 0.15) is 0 Å². The fraction of sp³-hybridized carbons (Fsp3) is 0.571. The fourth-order valence-electron chi connectivity index (χ4n) is 1.85. The van der Waals surface area contributed by atoms with Gasteiger partial charge >= 0.3 is 0 Å². The molecule has 1 atom stereocenters. The minimum atomic E-state index is -3.51. The minimum absolute atomic E-state index is 0.0469. The van der Waals surface area contributed by atoms with E-state index in [1.807, 2.05) is 26.2 Å². The Hall–Kier alpha value is -0.0800. The van der Waals surface area contributed by atoms with Crippen molar-refractivity contribution in [2.75, 3.05) is 18.6 Å². The van der Waals surface area contributed by atoms with E-state index in [-0.39, 0.29) is 6.04 Å². The molecule has 7 heteroatoms. The highest BCUT2D eigenvalue weighted by atomic mass is 79.9. The molecule has 0 radical (unpaired) electrons. The standard InChI is InChI=1S/C14H23BrN2O2S2/c1-4-12(10-20-3)17-21(18,19)14-8-11(9-16-5-2)6-7-13(14)15/h6-8,12,16-17H,4-5,9-10H2,1-3H3. The normalized spacial score (nSPS) is 13.3. The number of thioether (sulfide) groups is 1. The van der Waals surface area contributed by atoms with E-state index in [1.165, 1.54) is 0 Å². The lowest BCUT2D eigenvalue weighted by molar-refractivity contribution is 0.557. The summed E-state index contributed by atoms with van der Waals surface area (Å²) in [5, 5.41) is 3.20. The maximum absolute atomic E-state index is 12.6. The van der Waals surface area contributed by atoms with E-state index >= 15 is 0 Å². The van der Waals surface area contributed by atoms with E-state index in [0.717, 1.165) is 24.3 Å². The molecule has 0 amide bonds. The second-order valence-corrected chi connectivity index (χ2v) is 8.17. The van der Waals surface area contributed by atoms with Gasteiger partial charge in [-0.1, -0.05) is 19.9 Å². The van der Waals surface area contributed by atoms with Gasteiger partial charge in [0.15, 0.2) is 0 Å². The molecule has 1 rings (SSSR count). The van der Waals surface area contributed by atoms with E-state index in [1.54, 1.807) is 23.9 Å². The van der Waals surface area contributed by atoms with Gasteiger partial charge < -0.3 is 5.32 Å². The van der Waals surface area contributed by atoms with E-state index in [9.17, 15) is 8.42 Å². The molecule has 1 aromatic carbocycles. The van der Waals surface area contributed by atoms with Gasteiger partial charge in [-0.25, -0.2) is 13.1 Å². The van der Waals surface area contributed by atoms with Gasteiger partial charge in [0.25, 0.3) is 0 Å². The third-order valence-corrected chi connectivity index (χ3v) is 6.30. The summed E-state index contributed by atoms with van der Waals surface area (Å²) in [5.41, 5.74) is 0.957. The Kier molecular flexibility index (Phi) is 8.26. The summed E-state index contributed by atoms with van der Waals surface area (Å²) in [6, 6.07) is 5.39. The van der Waals surface area contributed by atoms with Gasteiger partial charge in [-0.05, 0) is 52.8 Å². The summed E-state index contributed by atoms with van der Waals surface area (Å²) in [5.74, 6) is 0.768. The first-order valence-electron chi connectivity index (χ1n) is 6.95. The predicted octanol–water partition coefficient (Wildman–Crippen LogP) is 2.98. The molecule has 0 aliphatic heterocycles. The summed E-state index contributed by atoms with van der Waals surface area (Å²) < 4.78 is 28.5. The van der Waals surface area contributed by atoms with Crippen molar-refractivity contribution in [2.45, 2.75) is 37.8 Å². The number of sulfonamides is 1. The smallest absolute Gasteiger partial charge is 0.241 e. The minimum Gasteiger partial charge on any atom is -0.313 e. The molecule has 0 aliphatic rings. The van der Waals surface area contributed by atoms with Crippen LogP contribution >= 0.6 is 27.7 Å². The molecule has 0 saturated carbocycles. The molecule has 0 bridgehead atoms. The maximum atomic E-state index is 12.6. The van der Waals surface area contributed by atoms with Crippen molar-refractivity contribution >= 4 is 37.7 Å². The Morgan fingerprint density at radius 2 is 2.05 bits per heavy atom. The highest BCUT2D eigenvalue weighted by molar-refractivity contribution is 9.10. The number of rotatable bonds is 9. The third-order valence-electron chi connectivity index (χ3n) is 3.05. The van der Waals surface area contributed by atoms with Crippen LogP contribution in [0.5, 0.6) is 0 Å². The first-order chi connectivity index (χ1) is 9.94. The molecule has 0 aliphatic carbocycles. The second kappa shape index (κ2) is 9.15. The highest BCUT2D eigenvalue weighted by Gasteiger charge is 2.21. The zero-order valence-corrected chi connectivity index (χ0v) is 15.9. The molecule has 0 heterocycles. The topological polar surface area (TPSA) is 58.2 Å². The van der Waals surface area contributed by atoms with Gasteiger partial charge in [-0.2, -0.15) is 11.8 Å². The van der Waals surface area contributed by atoms with Crippen molar-refractivity contribution in [3.63, 3.8) is 0 Å². The molecule has 0 spiro atoms. The van der Waals surface area contributed by atoms with Gasteiger partial charge in [0.05, 0.1) is 4.90 Å². The van der Waals surface area contributed by atoms with Crippen molar-refractivity contribution in [1.82, 2.24) is 10.0 Å². The molecule has 2 N–H and O–H groups in total. The first-order valence-corrected chi connectivity index (χ1v) is 10.6. The van der Waals surface area contributed by atoms with Crippen LogP contribution in [0, 0.1) is 0 Å². The predicted molar refractivity (Wildman–Crippen MR) is 94.3 cm³/mol. The van der Waals surface area contributed by atoms with Crippen LogP contribution in [0.2, 0.25) is 0 Å². The molecule has 21 heavy (non-hydrogen) atoms. The molecule has 120 valence electrons. The summed E-state index contributed by atoms with van der Waals surface area (Å²) >= 11 is 4.98. The lowest BCUT2D eigenvalue weighted by atomic mass is 10.2. The zero-order chi connectivity index (χ0) is 15.9. The van der Waals surface area contributed by atoms with Crippen LogP contribution in [0.1, 0.15) is 25.8 Å². The Labute approximate surface area is 140 Å². The number of hydrogen-bond acceptors (Lipinski definition) is 4. The number of benzene rings is 1. The van der Waals surface area contributed by atoms with Crippen molar-refractivity contribution < 1.29 is 8.42 Å². The molecular formula is C14H23BrN2O2S2. The first kappa shape index (κ1) is 19.0. The Morgan fingerprint density at radius 1 is 1.33 bits per heavy atom. The van der Waals surface area contributed by atoms with Gasteiger partial charge in [0.2, 0.25) is 10.0 Å². The number of nitrogens with one attached hydrogen (secondary N) is 2. The Balaban J connectivity index is 3.00.